The molecule has 0 spiro atoms. The summed E-state index contributed by atoms with van der Waals surface area (Å²) in [5.41, 5.74) is 1.83. The predicted octanol–water partition coefficient (Wildman–Crippen LogP) is 4.41. The van der Waals surface area contributed by atoms with E-state index in [1.54, 1.807) is 39.1 Å². The van der Waals surface area contributed by atoms with Crippen molar-refractivity contribution >= 4 is 22.9 Å². The second-order valence-corrected chi connectivity index (χ2v) is 6.82. The minimum atomic E-state index is -0.582. The average molecular weight is 356 g/mol. The van der Waals surface area contributed by atoms with Gasteiger partial charge in [-0.2, -0.15) is 0 Å². The number of amides is 1. The lowest BCUT2D eigenvalue weighted by Crippen LogP contribution is -2.27. The smallest absolute Gasteiger partial charge is 0.413 e. The van der Waals surface area contributed by atoms with Crippen LogP contribution in [0.25, 0.3) is 22.4 Å². The maximum Gasteiger partial charge on any atom is 0.413 e. The highest BCUT2D eigenvalue weighted by Gasteiger charge is 2.17. The molecule has 1 aromatic carbocycles. The summed E-state index contributed by atoms with van der Waals surface area (Å²) < 4.78 is 20.0. The molecular formula is C19H21FN4O2. The molecule has 6 nitrogen and oxygen atoms in total. The van der Waals surface area contributed by atoms with Crippen LogP contribution in [0.15, 0.2) is 42.6 Å². The molecule has 0 aliphatic heterocycles. The Kier molecular flexibility index (Phi) is 4.88. The van der Waals surface area contributed by atoms with Gasteiger partial charge in [0.25, 0.3) is 0 Å². The molecule has 0 radical (unpaired) electrons. The first kappa shape index (κ1) is 17.8. The van der Waals surface area contributed by atoms with Gasteiger partial charge in [-0.1, -0.05) is 12.1 Å². The second kappa shape index (κ2) is 7.11. The molecule has 2 aromatic heterocycles. The van der Waals surface area contributed by atoms with Gasteiger partial charge >= 0.3 is 6.09 Å². The number of halogens is 1. The number of hydrogen-bond donors (Lipinski definition) is 1. The summed E-state index contributed by atoms with van der Waals surface area (Å²) in [6.07, 6.45) is 1.03. The van der Waals surface area contributed by atoms with Crippen molar-refractivity contribution < 1.29 is 13.9 Å². The van der Waals surface area contributed by atoms with Gasteiger partial charge in [0.1, 0.15) is 23.9 Å². The second-order valence-electron chi connectivity index (χ2n) is 6.82. The number of carbonyl (C=O) groups excluding carboxylic acids is 1. The topological polar surface area (TPSA) is 69.0 Å². The number of nitrogens with one attached hydrogen (secondary N) is 1. The highest BCUT2D eigenvalue weighted by Crippen LogP contribution is 2.25. The van der Waals surface area contributed by atoms with Crippen LogP contribution in [0, 0.1) is 0 Å². The zero-order valence-electron chi connectivity index (χ0n) is 15.0. The van der Waals surface area contributed by atoms with E-state index in [1.807, 2.05) is 28.8 Å². The number of ether oxygens (including phenoxy) is 1. The van der Waals surface area contributed by atoms with Crippen LogP contribution in [0.4, 0.5) is 15.0 Å². The fourth-order valence-corrected chi connectivity index (χ4v) is 2.62. The maximum absolute atomic E-state index is 13.0. The number of anilines is 1. The summed E-state index contributed by atoms with van der Waals surface area (Å²) in [5.74, 6) is 1.01. The van der Waals surface area contributed by atoms with E-state index >= 15 is 0 Å². The molecule has 26 heavy (non-hydrogen) atoms. The van der Waals surface area contributed by atoms with Crippen molar-refractivity contribution in [3.63, 3.8) is 0 Å². The highest BCUT2D eigenvalue weighted by molar-refractivity contribution is 5.84. The number of imidazole rings is 1. The number of aromatic nitrogens is 3. The fraction of sp³-hybridized carbons (Fsp3) is 0.316. The lowest BCUT2D eigenvalue weighted by atomic mass is 10.2. The first-order valence-electron chi connectivity index (χ1n) is 8.35. The van der Waals surface area contributed by atoms with Crippen LogP contribution >= 0.6 is 0 Å². The van der Waals surface area contributed by atoms with Gasteiger partial charge in [0.2, 0.25) is 0 Å². The lowest BCUT2D eigenvalue weighted by molar-refractivity contribution is 0.0635. The first-order chi connectivity index (χ1) is 12.4. The van der Waals surface area contributed by atoms with E-state index in [4.69, 9.17) is 4.74 Å². The zero-order chi connectivity index (χ0) is 18.7. The maximum atomic E-state index is 13.0. The fourth-order valence-electron chi connectivity index (χ4n) is 2.62. The number of benzene rings is 1. The Morgan fingerprint density at radius 2 is 2.00 bits per heavy atom. The molecule has 7 heteroatoms. The van der Waals surface area contributed by atoms with E-state index in [0.717, 1.165) is 16.6 Å². The van der Waals surface area contributed by atoms with Crippen molar-refractivity contribution in [2.45, 2.75) is 32.9 Å². The van der Waals surface area contributed by atoms with E-state index in [0.29, 0.717) is 11.6 Å². The molecule has 1 N–H and O–H groups in total. The zero-order valence-corrected chi connectivity index (χ0v) is 15.0. The molecule has 0 unspecified atom stereocenters. The van der Waals surface area contributed by atoms with Crippen molar-refractivity contribution in [1.29, 1.82) is 0 Å². The largest absolute Gasteiger partial charge is 0.444 e. The Bertz CT molecular complexity index is 913. The van der Waals surface area contributed by atoms with Crippen LogP contribution in [0.5, 0.6) is 0 Å². The van der Waals surface area contributed by atoms with Gasteiger partial charge in [0, 0.05) is 11.8 Å². The molecule has 1 amide bonds. The minimum absolute atomic E-state index is 0.216. The molecule has 0 atom stereocenters. The van der Waals surface area contributed by atoms with Gasteiger partial charge < -0.3 is 9.30 Å². The van der Waals surface area contributed by atoms with Gasteiger partial charge in [-0.3, -0.25) is 5.32 Å². The van der Waals surface area contributed by atoms with Crippen molar-refractivity contribution in [2.75, 3.05) is 12.0 Å². The third-order valence-electron chi connectivity index (χ3n) is 3.61. The molecule has 3 rings (SSSR count). The van der Waals surface area contributed by atoms with Gasteiger partial charge in [0.15, 0.2) is 0 Å². The number of hydrogen-bond acceptors (Lipinski definition) is 4. The minimum Gasteiger partial charge on any atom is -0.444 e. The average Bonchev–Trinajstić information content (AvgIpc) is 2.93. The Morgan fingerprint density at radius 3 is 2.65 bits per heavy atom. The van der Waals surface area contributed by atoms with Crippen LogP contribution in [0.3, 0.4) is 0 Å². The van der Waals surface area contributed by atoms with Crippen molar-refractivity contribution in [2.24, 2.45) is 0 Å². The number of nitrogens with zero attached hydrogens (tertiary/aromatic N) is 3. The number of para-hydroxylation sites is 2. The van der Waals surface area contributed by atoms with Gasteiger partial charge in [-0.05, 0) is 45.0 Å². The summed E-state index contributed by atoms with van der Waals surface area (Å²) in [7, 11) is 0. The Balaban J connectivity index is 1.86. The molecule has 0 bridgehead atoms. The third kappa shape index (κ3) is 3.99. The number of aryl methyl sites for hydroxylation is 1. The van der Waals surface area contributed by atoms with Crippen molar-refractivity contribution in [1.82, 2.24) is 14.5 Å². The monoisotopic (exact) mass is 356 g/mol. The molecule has 0 aliphatic carbocycles. The van der Waals surface area contributed by atoms with E-state index in [9.17, 15) is 9.18 Å². The SMILES string of the molecule is CC(C)(C)OC(=O)Nc1ccc(-c2nc3ccccc3n2CCF)cn1. The number of pyridine rings is 1. The van der Waals surface area contributed by atoms with E-state index in [-0.39, 0.29) is 6.54 Å². The van der Waals surface area contributed by atoms with E-state index in [1.165, 1.54) is 0 Å². The Hall–Kier alpha value is -2.96. The summed E-state index contributed by atoms with van der Waals surface area (Å²) in [6.45, 7) is 5.10. The van der Waals surface area contributed by atoms with Crippen LogP contribution in [-0.4, -0.2) is 32.9 Å². The van der Waals surface area contributed by atoms with Gasteiger partial charge in [-0.25, -0.2) is 19.2 Å². The molecule has 2 heterocycles. The number of rotatable bonds is 4. The number of fused-ring (bicyclic) bond motifs is 1. The van der Waals surface area contributed by atoms with Crippen molar-refractivity contribution in [3.8, 4) is 11.4 Å². The summed E-state index contributed by atoms with van der Waals surface area (Å²) in [5, 5.41) is 2.58. The van der Waals surface area contributed by atoms with E-state index < -0.39 is 18.4 Å². The van der Waals surface area contributed by atoms with Crippen LogP contribution < -0.4 is 5.32 Å². The van der Waals surface area contributed by atoms with Crippen LogP contribution in [-0.2, 0) is 11.3 Å². The molecule has 3 aromatic rings. The summed E-state index contributed by atoms with van der Waals surface area (Å²) in [4.78, 5) is 20.6. The lowest BCUT2D eigenvalue weighted by Gasteiger charge is -2.19. The highest BCUT2D eigenvalue weighted by atomic mass is 19.1. The standard InChI is InChI=1S/C19H21FN4O2/c1-19(2,3)26-18(25)23-16-9-8-13(12-21-16)17-22-14-6-4-5-7-15(14)24(17)11-10-20/h4-9,12H,10-11H2,1-3H3,(H,21,23,25). The summed E-state index contributed by atoms with van der Waals surface area (Å²) in [6, 6.07) is 11.0. The Morgan fingerprint density at radius 1 is 1.23 bits per heavy atom. The van der Waals surface area contributed by atoms with Gasteiger partial charge in [0.05, 0.1) is 17.6 Å². The number of alkyl halides is 1. The molecular weight excluding hydrogens is 335 g/mol. The summed E-state index contributed by atoms with van der Waals surface area (Å²) >= 11 is 0. The molecule has 136 valence electrons. The molecule has 0 aliphatic rings. The molecule has 0 saturated carbocycles. The molecule has 0 fully saturated rings. The quantitative estimate of drug-likeness (QED) is 0.751. The Labute approximate surface area is 151 Å². The van der Waals surface area contributed by atoms with Gasteiger partial charge in [-0.15, -0.1) is 0 Å². The van der Waals surface area contributed by atoms with Crippen molar-refractivity contribution in [3.05, 3.63) is 42.6 Å². The van der Waals surface area contributed by atoms with E-state index in [2.05, 4.69) is 15.3 Å². The van der Waals surface area contributed by atoms with Crippen LogP contribution in [0.1, 0.15) is 20.8 Å². The molecule has 0 saturated heterocycles. The van der Waals surface area contributed by atoms with Crippen LogP contribution in [0.2, 0.25) is 0 Å². The predicted molar refractivity (Wildman–Crippen MR) is 98.8 cm³/mol. The first-order valence-corrected chi connectivity index (χ1v) is 8.35. The third-order valence-corrected chi connectivity index (χ3v) is 3.61. The number of carbonyl (C=O) groups is 1. The normalized spacial score (nSPS) is 11.5.